The lowest BCUT2D eigenvalue weighted by atomic mass is 10.1. The molecule has 2 aromatic carbocycles. The molecule has 4 aromatic rings. The molecule has 0 radical (unpaired) electrons. The average Bonchev–Trinajstić information content (AvgIpc) is 3.28. The maximum atomic E-state index is 12.8. The Hall–Kier alpha value is -4.01. The van der Waals surface area contributed by atoms with E-state index in [1.807, 2.05) is 0 Å². The highest BCUT2D eigenvalue weighted by atomic mass is 19.4. The Morgan fingerprint density at radius 2 is 1.88 bits per heavy atom. The van der Waals surface area contributed by atoms with Crippen molar-refractivity contribution in [1.82, 2.24) is 10.3 Å². The average molecular weight is 441 g/mol. The largest absolute Gasteiger partial charge is 0.485 e. The SMILES string of the molecule is CNC(=O)c1cc(COc2ccc(Nc3ccc(C(F)(F)F)cc3)c3ccoc23)ccn1. The molecule has 164 valence electrons. The molecule has 0 spiro atoms. The number of benzene rings is 2. The highest BCUT2D eigenvalue weighted by Crippen LogP contribution is 2.35. The predicted octanol–water partition coefficient (Wildman–Crippen LogP) is 5.53. The first-order valence-electron chi connectivity index (χ1n) is 9.59. The van der Waals surface area contributed by atoms with E-state index < -0.39 is 11.7 Å². The van der Waals surface area contributed by atoms with Crippen molar-refractivity contribution in [2.24, 2.45) is 0 Å². The van der Waals surface area contributed by atoms with Crippen LogP contribution in [0.3, 0.4) is 0 Å². The van der Waals surface area contributed by atoms with E-state index in [1.165, 1.54) is 31.6 Å². The smallest absolute Gasteiger partial charge is 0.416 e. The number of aromatic nitrogens is 1. The number of hydrogen-bond acceptors (Lipinski definition) is 5. The molecule has 9 heteroatoms. The topological polar surface area (TPSA) is 76.4 Å². The Morgan fingerprint density at radius 3 is 2.59 bits per heavy atom. The van der Waals surface area contributed by atoms with Crippen LogP contribution in [0.25, 0.3) is 11.0 Å². The first kappa shape index (κ1) is 21.2. The standard InChI is InChI=1S/C23H18F3N3O3/c1-27-22(30)19-12-14(8-10-28-19)13-32-20-7-6-18(17-9-11-31-21(17)20)29-16-4-2-15(3-5-16)23(24,25)26/h2-12,29H,13H2,1H3,(H,27,30). The summed E-state index contributed by atoms with van der Waals surface area (Å²) in [5, 5.41) is 6.33. The lowest BCUT2D eigenvalue weighted by Gasteiger charge is -2.12. The summed E-state index contributed by atoms with van der Waals surface area (Å²) in [5.74, 6) is 0.195. The zero-order valence-corrected chi connectivity index (χ0v) is 16.9. The van der Waals surface area contributed by atoms with E-state index in [9.17, 15) is 18.0 Å². The number of carbonyl (C=O) groups is 1. The summed E-state index contributed by atoms with van der Waals surface area (Å²) in [6.45, 7) is 0.188. The van der Waals surface area contributed by atoms with E-state index in [2.05, 4.69) is 15.6 Å². The summed E-state index contributed by atoms with van der Waals surface area (Å²) >= 11 is 0. The van der Waals surface area contributed by atoms with Crippen LogP contribution in [-0.2, 0) is 12.8 Å². The maximum Gasteiger partial charge on any atom is 0.416 e. The van der Waals surface area contributed by atoms with Crippen LogP contribution in [0, 0.1) is 0 Å². The molecule has 2 aromatic heterocycles. The fourth-order valence-corrected chi connectivity index (χ4v) is 3.13. The molecule has 0 aliphatic rings. The Morgan fingerprint density at radius 1 is 1.09 bits per heavy atom. The summed E-state index contributed by atoms with van der Waals surface area (Å²) in [7, 11) is 1.53. The van der Waals surface area contributed by atoms with Crippen LogP contribution in [0.2, 0.25) is 0 Å². The number of ether oxygens (including phenoxy) is 1. The molecule has 1 amide bonds. The van der Waals surface area contributed by atoms with Gasteiger partial charge in [-0.25, -0.2) is 0 Å². The van der Waals surface area contributed by atoms with E-state index in [4.69, 9.17) is 9.15 Å². The molecule has 0 atom stereocenters. The number of anilines is 2. The van der Waals surface area contributed by atoms with E-state index in [0.717, 1.165) is 17.7 Å². The molecule has 0 saturated carbocycles. The van der Waals surface area contributed by atoms with Crippen molar-refractivity contribution >= 4 is 28.3 Å². The summed E-state index contributed by atoms with van der Waals surface area (Å²) in [5.41, 5.74) is 1.98. The third-order valence-corrected chi connectivity index (χ3v) is 4.75. The first-order chi connectivity index (χ1) is 15.3. The highest BCUT2D eigenvalue weighted by Gasteiger charge is 2.29. The van der Waals surface area contributed by atoms with E-state index in [-0.39, 0.29) is 18.2 Å². The zero-order valence-electron chi connectivity index (χ0n) is 16.9. The van der Waals surface area contributed by atoms with Gasteiger partial charge in [0, 0.05) is 30.0 Å². The van der Waals surface area contributed by atoms with Crippen LogP contribution in [0.4, 0.5) is 24.5 Å². The fraction of sp³-hybridized carbons (Fsp3) is 0.130. The number of halogens is 3. The molecule has 0 unspecified atom stereocenters. The third kappa shape index (κ3) is 4.51. The molecule has 2 heterocycles. The van der Waals surface area contributed by atoms with Crippen molar-refractivity contribution in [3.63, 3.8) is 0 Å². The van der Waals surface area contributed by atoms with Crippen LogP contribution in [0.15, 0.2) is 71.5 Å². The number of alkyl halides is 3. The second-order valence-electron chi connectivity index (χ2n) is 6.89. The van der Waals surface area contributed by atoms with E-state index in [0.29, 0.717) is 28.1 Å². The van der Waals surface area contributed by atoms with Crippen LogP contribution in [0.5, 0.6) is 5.75 Å². The van der Waals surface area contributed by atoms with Gasteiger partial charge in [-0.15, -0.1) is 0 Å². The van der Waals surface area contributed by atoms with Crippen molar-refractivity contribution in [1.29, 1.82) is 0 Å². The van der Waals surface area contributed by atoms with Crippen LogP contribution in [0.1, 0.15) is 21.6 Å². The summed E-state index contributed by atoms with van der Waals surface area (Å²) in [4.78, 5) is 15.8. The molecule has 0 aliphatic heterocycles. The van der Waals surface area contributed by atoms with Crippen molar-refractivity contribution < 1.29 is 27.1 Å². The maximum absolute atomic E-state index is 12.8. The lowest BCUT2D eigenvalue weighted by molar-refractivity contribution is -0.137. The zero-order chi connectivity index (χ0) is 22.7. The Labute approximate surface area is 181 Å². The number of nitrogens with one attached hydrogen (secondary N) is 2. The molecule has 6 nitrogen and oxygen atoms in total. The van der Waals surface area contributed by atoms with Gasteiger partial charge in [-0.1, -0.05) is 0 Å². The number of pyridine rings is 1. The van der Waals surface area contributed by atoms with E-state index >= 15 is 0 Å². The number of amides is 1. The van der Waals surface area contributed by atoms with Gasteiger partial charge in [0.25, 0.3) is 5.91 Å². The van der Waals surface area contributed by atoms with Crippen molar-refractivity contribution in [3.8, 4) is 5.75 Å². The summed E-state index contributed by atoms with van der Waals surface area (Å²) in [6.07, 6.45) is -1.35. The monoisotopic (exact) mass is 441 g/mol. The van der Waals surface area contributed by atoms with Gasteiger partial charge in [-0.2, -0.15) is 13.2 Å². The predicted molar refractivity (Wildman–Crippen MR) is 113 cm³/mol. The number of fused-ring (bicyclic) bond motifs is 1. The van der Waals surface area contributed by atoms with Crippen LogP contribution < -0.4 is 15.4 Å². The number of carbonyl (C=O) groups excluding carboxylic acids is 1. The van der Waals surface area contributed by atoms with Crippen molar-refractivity contribution in [2.75, 3.05) is 12.4 Å². The van der Waals surface area contributed by atoms with Gasteiger partial charge in [-0.3, -0.25) is 9.78 Å². The second kappa shape index (κ2) is 8.62. The van der Waals surface area contributed by atoms with Crippen LogP contribution in [-0.4, -0.2) is 17.9 Å². The molecule has 0 aliphatic carbocycles. The molecule has 2 N–H and O–H groups in total. The van der Waals surface area contributed by atoms with Gasteiger partial charge in [0.05, 0.1) is 11.8 Å². The van der Waals surface area contributed by atoms with Gasteiger partial charge in [-0.05, 0) is 60.2 Å². The van der Waals surface area contributed by atoms with Crippen LogP contribution >= 0.6 is 0 Å². The molecule has 4 rings (SSSR count). The molecule has 32 heavy (non-hydrogen) atoms. The van der Waals surface area contributed by atoms with Gasteiger partial charge < -0.3 is 19.8 Å². The van der Waals surface area contributed by atoms with E-state index in [1.54, 1.807) is 30.3 Å². The van der Waals surface area contributed by atoms with Gasteiger partial charge in [0.1, 0.15) is 12.3 Å². The van der Waals surface area contributed by atoms with Gasteiger partial charge in [0.2, 0.25) is 0 Å². The number of rotatable bonds is 6. The number of hydrogen-bond donors (Lipinski definition) is 2. The molecular formula is C23H18F3N3O3. The number of nitrogens with zero attached hydrogens (tertiary/aromatic N) is 1. The normalized spacial score (nSPS) is 11.4. The van der Waals surface area contributed by atoms with Gasteiger partial charge in [0.15, 0.2) is 11.3 Å². The minimum absolute atomic E-state index is 0.188. The number of furan rings is 1. The highest BCUT2D eigenvalue weighted by molar-refractivity contribution is 5.96. The first-order valence-corrected chi connectivity index (χ1v) is 9.59. The molecule has 0 fully saturated rings. The fourth-order valence-electron chi connectivity index (χ4n) is 3.13. The summed E-state index contributed by atoms with van der Waals surface area (Å²) in [6, 6.07) is 13.4. The van der Waals surface area contributed by atoms with Crippen molar-refractivity contribution in [2.45, 2.75) is 12.8 Å². The molecule has 0 saturated heterocycles. The quantitative estimate of drug-likeness (QED) is 0.412. The lowest BCUT2D eigenvalue weighted by Crippen LogP contribution is -2.19. The van der Waals surface area contributed by atoms with Gasteiger partial charge >= 0.3 is 6.18 Å². The minimum Gasteiger partial charge on any atom is -0.485 e. The second-order valence-corrected chi connectivity index (χ2v) is 6.89. The molecule has 0 bridgehead atoms. The van der Waals surface area contributed by atoms with Crippen molar-refractivity contribution in [3.05, 3.63) is 83.9 Å². The minimum atomic E-state index is -4.38. The molecular weight excluding hydrogens is 423 g/mol. The Bertz CT molecular complexity index is 1250. The Balaban J connectivity index is 1.52. The Kier molecular flexibility index (Phi) is 5.72. The summed E-state index contributed by atoms with van der Waals surface area (Å²) < 4.78 is 49.7. The third-order valence-electron chi connectivity index (χ3n) is 4.75.